The van der Waals surface area contributed by atoms with Crippen LogP contribution in [0.15, 0.2) is 6.20 Å². The van der Waals surface area contributed by atoms with Crippen LogP contribution in [0.25, 0.3) is 0 Å². The summed E-state index contributed by atoms with van der Waals surface area (Å²) in [4.78, 5) is 14.2. The highest BCUT2D eigenvalue weighted by atomic mass is 127. The number of pyridine rings is 1. The number of nitrogens with zero attached hydrogens (tertiary/aromatic N) is 1. The van der Waals surface area contributed by atoms with Gasteiger partial charge in [-0.25, -0.2) is 8.78 Å². The number of rotatable bonds is 2. The van der Waals surface area contributed by atoms with E-state index in [4.69, 9.17) is 23.2 Å². The lowest BCUT2D eigenvalue weighted by Gasteiger charge is -2.06. The fourth-order valence-electron chi connectivity index (χ4n) is 0.832. The predicted octanol–water partition coefficient (Wildman–Crippen LogP) is 3.66. The van der Waals surface area contributed by atoms with E-state index in [1.807, 2.05) is 0 Å². The summed E-state index contributed by atoms with van der Waals surface area (Å²) in [6.07, 6.45) is -1.78. The van der Waals surface area contributed by atoms with Gasteiger partial charge in [-0.3, -0.25) is 9.78 Å². The third kappa shape index (κ3) is 2.32. The average molecular weight is 352 g/mol. The lowest BCUT2D eigenvalue weighted by Crippen LogP contribution is -2.04. The van der Waals surface area contributed by atoms with E-state index in [-0.39, 0.29) is 14.2 Å². The second-order valence-electron chi connectivity index (χ2n) is 2.25. The molecule has 0 fully saturated rings. The first-order valence-electron chi connectivity index (χ1n) is 3.27. The molecular formula is C7H2Cl2F2INO. The summed E-state index contributed by atoms with van der Waals surface area (Å²) in [6.45, 7) is 0. The number of hydrogen-bond acceptors (Lipinski definition) is 2. The molecule has 1 rings (SSSR count). The van der Waals surface area contributed by atoms with E-state index in [0.717, 1.165) is 6.20 Å². The van der Waals surface area contributed by atoms with Crippen LogP contribution in [0.4, 0.5) is 8.78 Å². The highest BCUT2D eigenvalue weighted by Gasteiger charge is 2.23. The Balaban J connectivity index is 3.45. The van der Waals surface area contributed by atoms with Crippen molar-refractivity contribution in [3.05, 3.63) is 26.0 Å². The molecular weight excluding hydrogens is 350 g/mol. The van der Waals surface area contributed by atoms with Gasteiger partial charge in [-0.15, -0.1) is 0 Å². The van der Waals surface area contributed by atoms with Crippen molar-refractivity contribution in [2.75, 3.05) is 0 Å². The Morgan fingerprint density at radius 3 is 2.57 bits per heavy atom. The number of carbonyl (C=O) groups excluding carboxylic acids is 1. The van der Waals surface area contributed by atoms with E-state index < -0.39 is 17.4 Å². The molecule has 14 heavy (non-hydrogen) atoms. The number of alkyl halides is 2. The van der Waals surface area contributed by atoms with Crippen LogP contribution >= 0.6 is 45.8 Å². The number of halogens is 5. The minimum absolute atomic E-state index is 0.124. The summed E-state index contributed by atoms with van der Waals surface area (Å²) in [6, 6.07) is 0. The maximum Gasteiger partial charge on any atom is 0.281 e. The monoisotopic (exact) mass is 351 g/mol. The first kappa shape index (κ1) is 12.1. The van der Waals surface area contributed by atoms with Crippen LogP contribution in [0.3, 0.4) is 0 Å². The summed E-state index contributed by atoms with van der Waals surface area (Å²) in [5, 5.41) is -0.862. The number of hydrogen-bond donors (Lipinski definition) is 0. The van der Waals surface area contributed by atoms with Crippen LogP contribution in [0.1, 0.15) is 22.5 Å². The summed E-state index contributed by atoms with van der Waals surface area (Å²) in [5.41, 5.74) is -0.964. The van der Waals surface area contributed by atoms with Gasteiger partial charge in [-0.05, 0) is 34.2 Å². The van der Waals surface area contributed by atoms with Crippen LogP contribution in [0.5, 0.6) is 0 Å². The molecule has 1 aromatic heterocycles. The fraction of sp³-hybridized carbons (Fsp3) is 0.143. The zero-order chi connectivity index (χ0) is 10.9. The predicted molar refractivity (Wildman–Crippen MR) is 57.1 cm³/mol. The van der Waals surface area contributed by atoms with Crippen LogP contribution in [-0.4, -0.2) is 10.2 Å². The molecule has 0 aliphatic heterocycles. The second kappa shape index (κ2) is 4.67. The molecule has 0 aromatic carbocycles. The number of carbonyl (C=O) groups is 1. The smallest absolute Gasteiger partial charge is 0.275 e. The Bertz CT molecular complexity index is 386. The molecule has 0 saturated carbocycles. The molecule has 0 N–H and O–H groups in total. The van der Waals surface area contributed by atoms with Gasteiger partial charge in [0.1, 0.15) is 5.69 Å². The molecule has 0 spiro atoms. The summed E-state index contributed by atoms with van der Waals surface area (Å²) >= 11 is 12.4. The summed E-state index contributed by atoms with van der Waals surface area (Å²) in [5.74, 6) is 0. The van der Waals surface area contributed by atoms with Crippen molar-refractivity contribution in [3.63, 3.8) is 0 Å². The van der Waals surface area contributed by atoms with Crippen LogP contribution in [0, 0.1) is 3.57 Å². The van der Waals surface area contributed by atoms with Crippen molar-refractivity contribution in [1.29, 1.82) is 0 Å². The maximum atomic E-state index is 12.4. The van der Waals surface area contributed by atoms with Crippen LogP contribution in [0.2, 0.25) is 5.02 Å². The molecule has 0 atom stereocenters. The SMILES string of the molecule is O=C(Cl)c1c(C(F)F)ncc(Cl)c1I. The molecule has 0 bridgehead atoms. The summed E-state index contributed by atoms with van der Waals surface area (Å²) < 4.78 is 24.9. The highest BCUT2D eigenvalue weighted by Crippen LogP contribution is 2.29. The van der Waals surface area contributed by atoms with E-state index in [2.05, 4.69) is 4.98 Å². The first-order valence-corrected chi connectivity index (χ1v) is 5.10. The van der Waals surface area contributed by atoms with Gasteiger partial charge in [0, 0.05) is 9.77 Å². The van der Waals surface area contributed by atoms with E-state index in [1.165, 1.54) is 0 Å². The Labute approximate surface area is 102 Å². The molecule has 76 valence electrons. The van der Waals surface area contributed by atoms with Crippen molar-refractivity contribution in [2.45, 2.75) is 6.43 Å². The standard InChI is InChI=1S/C7H2Cl2F2INO/c8-2-1-13-5(7(10)11)3(4(2)12)6(9)14/h1,7H. The van der Waals surface area contributed by atoms with Crippen molar-refractivity contribution >= 4 is 51.0 Å². The molecule has 0 radical (unpaired) electrons. The molecule has 7 heteroatoms. The zero-order valence-electron chi connectivity index (χ0n) is 6.40. The topological polar surface area (TPSA) is 30.0 Å². The van der Waals surface area contributed by atoms with Gasteiger partial charge in [-0.2, -0.15) is 0 Å². The quantitative estimate of drug-likeness (QED) is 0.601. The Kier molecular flexibility index (Phi) is 4.03. The fourth-order valence-corrected chi connectivity index (χ4v) is 1.99. The van der Waals surface area contributed by atoms with Crippen molar-refractivity contribution < 1.29 is 13.6 Å². The van der Waals surface area contributed by atoms with E-state index >= 15 is 0 Å². The Morgan fingerprint density at radius 2 is 2.14 bits per heavy atom. The maximum absolute atomic E-state index is 12.4. The summed E-state index contributed by atoms with van der Waals surface area (Å²) in [7, 11) is 0. The zero-order valence-corrected chi connectivity index (χ0v) is 10.1. The lowest BCUT2D eigenvalue weighted by atomic mass is 10.2. The van der Waals surface area contributed by atoms with Crippen LogP contribution < -0.4 is 0 Å². The molecule has 0 aliphatic rings. The molecule has 0 aliphatic carbocycles. The third-order valence-corrected chi connectivity index (χ3v) is 3.32. The van der Waals surface area contributed by atoms with Gasteiger partial charge < -0.3 is 0 Å². The van der Waals surface area contributed by atoms with Gasteiger partial charge in [-0.1, -0.05) is 11.6 Å². The van der Waals surface area contributed by atoms with Gasteiger partial charge >= 0.3 is 0 Å². The van der Waals surface area contributed by atoms with Crippen molar-refractivity contribution in [1.82, 2.24) is 4.98 Å². The minimum atomic E-state index is -2.85. The normalized spacial score (nSPS) is 10.7. The van der Waals surface area contributed by atoms with E-state index in [9.17, 15) is 13.6 Å². The second-order valence-corrected chi connectivity index (χ2v) is 4.08. The minimum Gasteiger partial charge on any atom is -0.275 e. The Morgan fingerprint density at radius 1 is 1.57 bits per heavy atom. The molecule has 0 saturated heterocycles. The van der Waals surface area contributed by atoms with E-state index in [1.54, 1.807) is 22.6 Å². The molecule has 2 nitrogen and oxygen atoms in total. The largest absolute Gasteiger partial charge is 0.281 e. The molecule has 1 heterocycles. The molecule has 0 unspecified atom stereocenters. The Hall–Kier alpha value is -0.0100. The molecule has 0 amide bonds. The van der Waals surface area contributed by atoms with Gasteiger partial charge in [0.15, 0.2) is 0 Å². The van der Waals surface area contributed by atoms with Crippen molar-refractivity contribution in [2.24, 2.45) is 0 Å². The first-order chi connectivity index (χ1) is 6.45. The number of aromatic nitrogens is 1. The molecule has 1 aromatic rings. The van der Waals surface area contributed by atoms with Gasteiger partial charge in [0.05, 0.1) is 10.6 Å². The average Bonchev–Trinajstić information content (AvgIpc) is 2.08. The third-order valence-electron chi connectivity index (χ3n) is 1.41. The van der Waals surface area contributed by atoms with Crippen LogP contribution in [-0.2, 0) is 0 Å². The van der Waals surface area contributed by atoms with Gasteiger partial charge in [0.2, 0.25) is 0 Å². The highest BCUT2D eigenvalue weighted by molar-refractivity contribution is 14.1. The van der Waals surface area contributed by atoms with Crippen molar-refractivity contribution in [3.8, 4) is 0 Å². The van der Waals surface area contributed by atoms with E-state index in [0.29, 0.717) is 0 Å². The lowest BCUT2D eigenvalue weighted by molar-refractivity contribution is 0.106. The van der Waals surface area contributed by atoms with Gasteiger partial charge in [0.25, 0.3) is 11.7 Å².